The third kappa shape index (κ3) is 5.46. The van der Waals surface area contributed by atoms with Crippen molar-refractivity contribution >= 4 is 27.3 Å². The first kappa shape index (κ1) is 22.9. The van der Waals surface area contributed by atoms with Gasteiger partial charge in [-0.25, -0.2) is 8.42 Å². The highest BCUT2D eigenvalue weighted by atomic mass is 32.2. The lowest BCUT2D eigenvalue weighted by molar-refractivity contribution is -0.384. The van der Waals surface area contributed by atoms with Crippen molar-refractivity contribution < 1.29 is 18.1 Å². The summed E-state index contributed by atoms with van der Waals surface area (Å²) < 4.78 is 27.4. The lowest BCUT2D eigenvalue weighted by Crippen LogP contribution is -2.44. The molecule has 1 saturated heterocycles. The van der Waals surface area contributed by atoms with Gasteiger partial charge in [0.25, 0.3) is 5.69 Å². The van der Waals surface area contributed by atoms with Gasteiger partial charge in [-0.2, -0.15) is 4.31 Å². The molecule has 1 fully saturated rings. The van der Waals surface area contributed by atoms with Crippen molar-refractivity contribution in [2.45, 2.75) is 31.2 Å². The first-order valence-corrected chi connectivity index (χ1v) is 11.5. The maximum absolute atomic E-state index is 13.0. The van der Waals surface area contributed by atoms with Gasteiger partial charge < -0.3 is 5.32 Å². The van der Waals surface area contributed by atoms with E-state index >= 15 is 0 Å². The number of aryl methyl sites for hydroxylation is 1. The van der Waals surface area contributed by atoms with E-state index in [0.29, 0.717) is 38.3 Å². The van der Waals surface area contributed by atoms with E-state index in [4.69, 9.17) is 0 Å². The standard InChI is InChI=1S/C21H26N4O5S/c1-16-4-10-20(11-5-16)31(29,30)24-13-3-12-23(14-15-24)17(2)21(26)22-18-6-8-19(9-7-18)25(27)28/h4-11,17H,3,12-15H2,1-2H3,(H,22,26). The molecule has 2 aromatic carbocycles. The van der Waals surface area contributed by atoms with Crippen molar-refractivity contribution in [3.05, 3.63) is 64.2 Å². The van der Waals surface area contributed by atoms with Crippen LogP contribution in [0.25, 0.3) is 0 Å². The van der Waals surface area contributed by atoms with Gasteiger partial charge in [0.2, 0.25) is 15.9 Å². The van der Waals surface area contributed by atoms with Crippen LogP contribution in [0.2, 0.25) is 0 Å². The molecule has 0 aliphatic carbocycles. The van der Waals surface area contributed by atoms with Crippen LogP contribution in [-0.2, 0) is 14.8 Å². The Morgan fingerprint density at radius 2 is 1.68 bits per heavy atom. The maximum atomic E-state index is 13.0. The summed E-state index contributed by atoms with van der Waals surface area (Å²) >= 11 is 0. The van der Waals surface area contributed by atoms with Crippen LogP contribution in [0.3, 0.4) is 0 Å². The minimum absolute atomic E-state index is 0.0477. The van der Waals surface area contributed by atoms with Gasteiger partial charge in [-0.3, -0.25) is 19.8 Å². The molecule has 166 valence electrons. The molecule has 1 amide bonds. The van der Waals surface area contributed by atoms with E-state index in [-0.39, 0.29) is 16.5 Å². The Morgan fingerprint density at radius 1 is 1.03 bits per heavy atom. The van der Waals surface area contributed by atoms with Crippen LogP contribution < -0.4 is 5.32 Å². The van der Waals surface area contributed by atoms with Crippen LogP contribution in [0.4, 0.5) is 11.4 Å². The van der Waals surface area contributed by atoms with Gasteiger partial charge in [0.05, 0.1) is 15.9 Å². The molecule has 0 bridgehead atoms. The summed E-state index contributed by atoms with van der Waals surface area (Å²) in [6.07, 6.45) is 0.611. The molecular formula is C21H26N4O5S. The van der Waals surface area contributed by atoms with Crippen LogP contribution in [-0.4, -0.2) is 60.7 Å². The molecule has 0 spiro atoms. The van der Waals surface area contributed by atoms with E-state index in [1.807, 2.05) is 11.8 Å². The van der Waals surface area contributed by atoms with E-state index < -0.39 is 21.0 Å². The monoisotopic (exact) mass is 446 g/mol. The Hall–Kier alpha value is -2.82. The van der Waals surface area contributed by atoms with Crippen LogP contribution in [0, 0.1) is 17.0 Å². The highest BCUT2D eigenvalue weighted by molar-refractivity contribution is 7.89. The normalized spacial score (nSPS) is 17.0. The van der Waals surface area contributed by atoms with Crippen molar-refractivity contribution in [3.63, 3.8) is 0 Å². The van der Waals surface area contributed by atoms with Crippen molar-refractivity contribution in [2.24, 2.45) is 0 Å². The van der Waals surface area contributed by atoms with Gasteiger partial charge in [0.1, 0.15) is 0 Å². The molecule has 1 N–H and O–H groups in total. The summed E-state index contributed by atoms with van der Waals surface area (Å²) in [6, 6.07) is 12.0. The number of rotatable bonds is 6. The van der Waals surface area contributed by atoms with E-state index in [1.165, 1.54) is 28.6 Å². The average molecular weight is 447 g/mol. The lowest BCUT2D eigenvalue weighted by Gasteiger charge is -2.27. The highest BCUT2D eigenvalue weighted by Crippen LogP contribution is 2.20. The Bertz CT molecular complexity index is 1040. The summed E-state index contributed by atoms with van der Waals surface area (Å²) in [7, 11) is -3.58. The second-order valence-electron chi connectivity index (χ2n) is 7.58. The summed E-state index contributed by atoms with van der Waals surface area (Å²) in [6.45, 7) is 5.39. The van der Waals surface area contributed by atoms with Gasteiger partial charge in [0.15, 0.2) is 0 Å². The largest absolute Gasteiger partial charge is 0.325 e. The number of hydrogen-bond donors (Lipinski definition) is 1. The number of nitrogens with one attached hydrogen (secondary N) is 1. The lowest BCUT2D eigenvalue weighted by atomic mass is 10.2. The first-order chi connectivity index (χ1) is 14.7. The predicted octanol–water partition coefficient (Wildman–Crippen LogP) is 2.63. The topological polar surface area (TPSA) is 113 Å². The quantitative estimate of drug-likeness (QED) is 0.539. The molecule has 1 atom stereocenters. The zero-order valence-corrected chi connectivity index (χ0v) is 18.3. The summed E-state index contributed by atoms with van der Waals surface area (Å²) in [5.74, 6) is -0.247. The number of carbonyl (C=O) groups is 1. The summed E-state index contributed by atoms with van der Waals surface area (Å²) in [5.41, 5.74) is 1.42. The predicted molar refractivity (Wildman–Crippen MR) is 117 cm³/mol. The van der Waals surface area contributed by atoms with Crippen LogP contribution in [0.5, 0.6) is 0 Å². The van der Waals surface area contributed by atoms with Crippen LogP contribution in [0.1, 0.15) is 18.9 Å². The van der Waals surface area contributed by atoms with Gasteiger partial charge in [-0.1, -0.05) is 17.7 Å². The second-order valence-corrected chi connectivity index (χ2v) is 9.51. The number of amides is 1. The van der Waals surface area contributed by atoms with Crippen molar-refractivity contribution in [3.8, 4) is 0 Å². The molecule has 3 rings (SSSR count). The Labute approximate surface area is 181 Å². The summed E-state index contributed by atoms with van der Waals surface area (Å²) in [5, 5.41) is 13.5. The molecule has 0 saturated carbocycles. The fourth-order valence-corrected chi connectivity index (χ4v) is 4.95. The second kappa shape index (κ2) is 9.54. The number of hydrogen-bond acceptors (Lipinski definition) is 6. The molecule has 2 aromatic rings. The molecule has 9 nitrogen and oxygen atoms in total. The molecular weight excluding hydrogens is 420 g/mol. The Balaban J connectivity index is 1.62. The first-order valence-electron chi connectivity index (χ1n) is 10.0. The van der Waals surface area contributed by atoms with Crippen LogP contribution >= 0.6 is 0 Å². The van der Waals surface area contributed by atoms with Gasteiger partial charge in [0, 0.05) is 44.0 Å². The fourth-order valence-electron chi connectivity index (χ4n) is 3.48. The van der Waals surface area contributed by atoms with E-state index in [1.54, 1.807) is 31.2 Å². The molecule has 0 radical (unpaired) electrons. The number of nitrogens with zero attached hydrogens (tertiary/aromatic N) is 3. The fraction of sp³-hybridized carbons (Fsp3) is 0.381. The number of non-ortho nitro benzene ring substituents is 1. The van der Waals surface area contributed by atoms with Crippen molar-refractivity contribution in [2.75, 3.05) is 31.5 Å². The average Bonchev–Trinajstić information content (AvgIpc) is 3.00. The third-order valence-electron chi connectivity index (χ3n) is 5.42. The van der Waals surface area contributed by atoms with Gasteiger partial charge in [-0.05, 0) is 44.5 Å². The van der Waals surface area contributed by atoms with E-state index in [0.717, 1.165) is 5.56 Å². The minimum atomic E-state index is -3.58. The molecule has 1 aliphatic rings. The molecule has 0 aromatic heterocycles. The number of anilines is 1. The Kier molecular flexibility index (Phi) is 7.04. The minimum Gasteiger partial charge on any atom is -0.325 e. The highest BCUT2D eigenvalue weighted by Gasteiger charge is 2.30. The Morgan fingerprint density at radius 3 is 2.29 bits per heavy atom. The number of carbonyl (C=O) groups excluding carboxylic acids is 1. The number of nitro benzene ring substituents is 1. The third-order valence-corrected chi connectivity index (χ3v) is 7.33. The zero-order chi connectivity index (χ0) is 22.6. The number of nitro groups is 1. The van der Waals surface area contributed by atoms with Crippen molar-refractivity contribution in [1.82, 2.24) is 9.21 Å². The van der Waals surface area contributed by atoms with Crippen molar-refractivity contribution in [1.29, 1.82) is 0 Å². The van der Waals surface area contributed by atoms with Gasteiger partial charge in [-0.15, -0.1) is 0 Å². The molecule has 1 aliphatic heterocycles. The molecule has 1 heterocycles. The SMILES string of the molecule is Cc1ccc(S(=O)(=O)N2CCCN(C(C)C(=O)Nc3ccc([N+](=O)[O-])cc3)CC2)cc1. The maximum Gasteiger partial charge on any atom is 0.269 e. The van der Waals surface area contributed by atoms with Gasteiger partial charge >= 0.3 is 0 Å². The summed E-state index contributed by atoms with van der Waals surface area (Å²) in [4.78, 5) is 25.1. The number of sulfonamides is 1. The number of benzene rings is 2. The zero-order valence-electron chi connectivity index (χ0n) is 17.5. The van der Waals surface area contributed by atoms with E-state index in [9.17, 15) is 23.3 Å². The molecule has 31 heavy (non-hydrogen) atoms. The van der Waals surface area contributed by atoms with Crippen LogP contribution in [0.15, 0.2) is 53.4 Å². The van der Waals surface area contributed by atoms with E-state index in [2.05, 4.69) is 5.32 Å². The molecule has 10 heteroatoms. The molecule has 1 unspecified atom stereocenters. The smallest absolute Gasteiger partial charge is 0.269 e.